The fourth-order valence-corrected chi connectivity index (χ4v) is 4.51. The van der Waals surface area contributed by atoms with E-state index in [4.69, 9.17) is 9.47 Å². The van der Waals surface area contributed by atoms with E-state index in [2.05, 4.69) is 36.4 Å². The number of benzene rings is 1. The molecule has 0 saturated carbocycles. The fourth-order valence-electron chi connectivity index (χ4n) is 4.51. The summed E-state index contributed by atoms with van der Waals surface area (Å²) in [5, 5.41) is 0. The molecule has 0 N–H and O–H groups in total. The van der Waals surface area contributed by atoms with Crippen molar-refractivity contribution in [2.75, 3.05) is 0 Å². The molecular formula is C24H23NO3. The molecule has 0 aromatic heterocycles. The summed E-state index contributed by atoms with van der Waals surface area (Å²) in [5.41, 5.74) is 3.66. The van der Waals surface area contributed by atoms with Gasteiger partial charge in [0.1, 0.15) is 12.5 Å². The van der Waals surface area contributed by atoms with Crippen molar-refractivity contribution >= 4 is 11.5 Å². The van der Waals surface area contributed by atoms with Crippen LogP contribution in [0.3, 0.4) is 0 Å². The maximum absolute atomic E-state index is 13.2. The molecule has 1 fully saturated rings. The summed E-state index contributed by atoms with van der Waals surface area (Å²) in [6, 6.07) is 10.8. The first-order chi connectivity index (χ1) is 13.8. The Balaban J connectivity index is 1.34. The van der Waals surface area contributed by atoms with Crippen molar-refractivity contribution in [1.82, 2.24) is 4.90 Å². The molecule has 1 saturated heterocycles. The van der Waals surface area contributed by atoms with Crippen LogP contribution in [0.2, 0.25) is 0 Å². The van der Waals surface area contributed by atoms with Crippen molar-refractivity contribution in [2.24, 2.45) is 0 Å². The van der Waals surface area contributed by atoms with Gasteiger partial charge in [0, 0.05) is 6.04 Å². The minimum Gasteiger partial charge on any atom is -0.465 e. The predicted octanol–water partition coefficient (Wildman–Crippen LogP) is 4.84. The van der Waals surface area contributed by atoms with Crippen molar-refractivity contribution in [1.29, 1.82) is 0 Å². The Morgan fingerprint density at radius 3 is 2.75 bits per heavy atom. The topological polar surface area (TPSA) is 38.8 Å². The van der Waals surface area contributed by atoms with E-state index in [0.29, 0.717) is 5.76 Å². The van der Waals surface area contributed by atoms with Gasteiger partial charge in [0.2, 0.25) is 5.76 Å². The Kier molecular flexibility index (Phi) is 4.40. The number of rotatable bonds is 3. The molecule has 142 valence electrons. The number of amides is 1. The second-order valence-electron chi connectivity index (χ2n) is 7.63. The molecule has 2 unspecified atom stereocenters. The molecule has 3 heterocycles. The number of carbonyl (C=O) groups is 1. The first-order valence-electron chi connectivity index (χ1n) is 9.98. The number of allylic oxidation sites excluding steroid dienone is 4. The number of ether oxygens (including phenoxy) is 2. The van der Waals surface area contributed by atoms with Gasteiger partial charge in [0.25, 0.3) is 5.91 Å². The third-order valence-electron chi connectivity index (χ3n) is 5.89. The van der Waals surface area contributed by atoms with E-state index in [9.17, 15) is 4.79 Å². The van der Waals surface area contributed by atoms with Crippen LogP contribution in [0.15, 0.2) is 84.3 Å². The van der Waals surface area contributed by atoms with E-state index >= 15 is 0 Å². The van der Waals surface area contributed by atoms with Crippen LogP contribution in [0.1, 0.15) is 37.7 Å². The molecule has 0 radical (unpaired) electrons. The zero-order chi connectivity index (χ0) is 18.9. The van der Waals surface area contributed by atoms with Gasteiger partial charge in [-0.3, -0.25) is 4.79 Å². The Morgan fingerprint density at radius 2 is 1.96 bits per heavy atom. The highest BCUT2D eigenvalue weighted by Gasteiger charge is 2.41. The average molecular weight is 373 g/mol. The summed E-state index contributed by atoms with van der Waals surface area (Å²) in [5.74, 6) is 0.843. The minimum absolute atomic E-state index is 0.0755. The molecule has 4 nitrogen and oxygen atoms in total. The van der Waals surface area contributed by atoms with Gasteiger partial charge >= 0.3 is 0 Å². The lowest BCUT2D eigenvalue weighted by Crippen LogP contribution is -2.44. The van der Waals surface area contributed by atoms with Gasteiger partial charge in [0.05, 0.1) is 6.04 Å². The number of carbonyl (C=O) groups excluding carboxylic acids is 1. The summed E-state index contributed by atoms with van der Waals surface area (Å²) < 4.78 is 11.4. The molecule has 28 heavy (non-hydrogen) atoms. The van der Waals surface area contributed by atoms with Crippen LogP contribution in [-0.2, 0) is 14.3 Å². The molecule has 4 aliphatic rings. The van der Waals surface area contributed by atoms with Crippen LogP contribution < -0.4 is 0 Å². The SMILES string of the molecule is O=C(C1=COC=C(C2=CC=CCC2)O1)N1C2C=C(c3ccccc3)CC1CC2. The van der Waals surface area contributed by atoms with E-state index in [0.717, 1.165) is 37.7 Å². The number of nitrogens with zero attached hydrogens (tertiary/aromatic N) is 1. The largest absolute Gasteiger partial charge is 0.465 e. The fraction of sp³-hybridized carbons (Fsp3) is 0.292. The standard InChI is InChI=1S/C24H23NO3/c26-24(23-16-27-15-22(28-23)18-9-5-2-6-10-18)25-20-11-12-21(25)14-19(13-20)17-7-3-1-4-8-17/h1-5,7-9,13,15-16,20-21H,6,10-12,14H2. The van der Waals surface area contributed by atoms with Crippen LogP contribution in [0, 0.1) is 0 Å². The molecular weight excluding hydrogens is 350 g/mol. The van der Waals surface area contributed by atoms with Crippen molar-refractivity contribution in [2.45, 2.75) is 44.2 Å². The van der Waals surface area contributed by atoms with Gasteiger partial charge < -0.3 is 14.4 Å². The lowest BCUT2D eigenvalue weighted by atomic mass is 9.94. The first kappa shape index (κ1) is 17.1. The molecule has 1 aliphatic carbocycles. The van der Waals surface area contributed by atoms with Gasteiger partial charge in [-0.15, -0.1) is 0 Å². The van der Waals surface area contributed by atoms with E-state index in [1.807, 2.05) is 23.1 Å². The molecule has 2 atom stereocenters. The lowest BCUT2D eigenvalue weighted by molar-refractivity contribution is -0.132. The third-order valence-corrected chi connectivity index (χ3v) is 5.89. The summed E-state index contributed by atoms with van der Waals surface area (Å²) >= 11 is 0. The second kappa shape index (κ2) is 7.19. The van der Waals surface area contributed by atoms with Crippen molar-refractivity contribution < 1.29 is 14.3 Å². The van der Waals surface area contributed by atoms with Crippen molar-refractivity contribution in [3.05, 3.63) is 89.8 Å². The van der Waals surface area contributed by atoms with Crippen molar-refractivity contribution in [3.63, 3.8) is 0 Å². The minimum atomic E-state index is -0.0755. The monoisotopic (exact) mass is 373 g/mol. The summed E-state index contributed by atoms with van der Waals surface area (Å²) in [6.45, 7) is 0. The van der Waals surface area contributed by atoms with Gasteiger partial charge in [0.15, 0.2) is 5.76 Å². The number of hydrogen-bond acceptors (Lipinski definition) is 3. The second-order valence-corrected chi connectivity index (χ2v) is 7.63. The van der Waals surface area contributed by atoms with Gasteiger partial charge in [-0.1, -0.05) is 54.6 Å². The highest BCUT2D eigenvalue weighted by atomic mass is 16.5. The number of hydrogen-bond donors (Lipinski definition) is 0. The molecule has 0 spiro atoms. The van der Waals surface area contributed by atoms with E-state index < -0.39 is 0 Å². The van der Waals surface area contributed by atoms with Crippen LogP contribution in [0.5, 0.6) is 0 Å². The summed E-state index contributed by atoms with van der Waals surface area (Å²) in [6.07, 6.45) is 16.2. The quantitative estimate of drug-likeness (QED) is 0.761. The highest BCUT2D eigenvalue weighted by molar-refractivity contribution is 5.93. The summed E-state index contributed by atoms with van der Waals surface area (Å²) in [7, 11) is 0. The molecule has 1 aromatic rings. The van der Waals surface area contributed by atoms with E-state index in [1.54, 1.807) is 6.26 Å². The average Bonchev–Trinajstić information content (AvgIpc) is 3.03. The van der Waals surface area contributed by atoms with Gasteiger partial charge in [-0.25, -0.2) is 0 Å². The van der Waals surface area contributed by atoms with Gasteiger partial charge in [-0.2, -0.15) is 0 Å². The van der Waals surface area contributed by atoms with Crippen molar-refractivity contribution in [3.8, 4) is 0 Å². The number of fused-ring (bicyclic) bond motifs is 2. The van der Waals surface area contributed by atoms with E-state index in [-0.39, 0.29) is 23.8 Å². The maximum Gasteiger partial charge on any atom is 0.293 e. The molecule has 2 bridgehead atoms. The lowest BCUT2D eigenvalue weighted by Gasteiger charge is -2.35. The first-order valence-corrected chi connectivity index (χ1v) is 9.98. The van der Waals surface area contributed by atoms with Crippen LogP contribution in [0.4, 0.5) is 0 Å². The van der Waals surface area contributed by atoms with Crippen LogP contribution in [-0.4, -0.2) is 22.9 Å². The Bertz CT molecular complexity index is 936. The molecule has 5 rings (SSSR count). The molecule has 1 amide bonds. The Labute approximate surface area is 165 Å². The normalized spacial score (nSPS) is 25.8. The predicted molar refractivity (Wildman–Crippen MR) is 107 cm³/mol. The van der Waals surface area contributed by atoms with Crippen LogP contribution >= 0.6 is 0 Å². The summed E-state index contributed by atoms with van der Waals surface area (Å²) in [4.78, 5) is 15.2. The molecule has 1 aromatic carbocycles. The third kappa shape index (κ3) is 3.09. The highest BCUT2D eigenvalue weighted by Crippen LogP contribution is 2.40. The molecule has 3 aliphatic heterocycles. The Morgan fingerprint density at radius 1 is 1.07 bits per heavy atom. The zero-order valence-corrected chi connectivity index (χ0v) is 15.7. The maximum atomic E-state index is 13.2. The Hall–Kier alpha value is -3.01. The van der Waals surface area contributed by atoms with Crippen LogP contribution in [0.25, 0.3) is 5.57 Å². The van der Waals surface area contributed by atoms with E-state index in [1.165, 1.54) is 17.4 Å². The van der Waals surface area contributed by atoms with Gasteiger partial charge in [-0.05, 0) is 48.8 Å². The zero-order valence-electron chi connectivity index (χ0n) is 15.7. The smallest absolute Gasteiger partial charge is 0.293 e. The molecule has 4 heteroatoms.